The number of benzene rings is 1. The molecule has 0 fully saturated rings. The maximum Gasteiger partial charge on any atom is 0.134 e. The van der Waals surface area contributed by atoms with Gasteiger partial charge in [-0.25, -0.2) is 0 Å². The van der Waals surface area contributed by atoms with Gasteiger partial charge in [0.15, 0.2) is 0 Å². The van der Waals surface area contributed by atoms with E-state index >= 15 is 0 Å². The quantitative estimate of drug-likeness (QED) is 0.838. The minimum absolute atomic E-state index is 0.0297. The van der Waals surface area contributed by atoms with Crippen molar-refractivity contribution in [2.75, 3.05) is 0 Å². The summed E-state index contributed by atoms with van der Waals surface area (Å²) in [5.41, 5.74) is 8.39. The summed E-state index contributed by atoms with van der Waals surface area (Å²) in [4.78, 5) is 0. The van der Waals surface area contributed by atoms with E-state index in [0.717, 1.165) is 30.6 Å². The Labute approximate surface area is 103 Å². The summed E-state index contributed by atoms with van der Waals surface area (Å²) in [5.74, 6) is 0.912. The molecule has 2 nitrogen and oxygen atoms in total. The van der Waals surface area contributed by atoms with Crippen LogP contribution < -0.4 is 5.73 Å². The smallest absolute Gasteiger partial charge is 0.134 e. The van der Waals surface area contributed by atoms with Gasteiger partial charge >= 0.3 is 0 Å². The third kappa shape index (κ3) is 2.70. The van der Waals surface area contributed by atoms with Gasteiger partial charge in [-0.15, -0.1) is 0 Å². The first kappa shape index (κ1) is 12.2. The predicted octanol–water partition coefficient (Wildman–Crippen LogP) is 4.19. The van der Waals surface area contributed by atoms with Crippen molar-refractivity contribution >= 4 is 11.0 Å². The number of aryl methyl sites for hydroxylation is 1. The summed E-state index contributed by atoms with van der Waals surface area (Å²) < 4.78 is 5.79. The van der Waals surface area contributed by atoms with Crippen molar-refractivity contribution in [3.05, 3.63) is 35.6 Å². The Bertz CT molecular complexity index is 487. The van der Waals surface area contributed by atoms with E-state index in [0.29, 0.717) is 0 Å². The molecule has 0 radical (unpaired) electrons. The van der Waals surface area contributed by atoms with Gasteiger partial charge in [-0.2, -0.15) is 0 Å². The Kier molecular flexibility index (Phi) is 3.85. The molecule has 0 amide bonds. The molecule has 1 atom stereocenters. The minimum atomic E-state index is 0.0297. The summed E-state index contributed by atoms with van der Waals surface area (Å²) in [6, 6.07) is 8.54. The normalized spacial score (nSPS) is 13.1. The zero-order chi connectivity index (χ0) is 12.3. The summed E-state index contributed by atoms with van der Waals surface area (Å²) in [5, 5.41) is 1.18. The van der Waals surface area contributed by atoms with E-state index in [1.54, 1.807) is 0 Å². The molecule has 17 heavy (non-hydrogen) atoms. The van der Waals surface area contributed by atoms with Crippen molar-refractivity contribution in [2.24, 2.45) is 5.73 Å². The van der Waals surface area contributed by atoms with Crippen molar-refractivity contribution in [1.29, 1.82) is 0 Å². The first-order valence-corrected chi connectivity index (χ1v) is 6.52. The molecule has 2 rings (SSSR count). The van der Waals surface area contributed by atoms with Crippen LogP contribution in [0.3, 0.4) is 0 Å². The van der Waals surface area contributed by atoms with E-state index in [4.69, 9.17) is 10.2 Å². The number of fused-ring (bicyclic) bond motifs is 1. The van der Waals surface area contributed by atoms with E-state index in [1.807, 2.05) is 0 Å². The van der Waals surface area contributed by atoms with E-state index in [1.165, 1.54) is 17.4 Å². The number of rotatable bonds is 5. The third-order valence-electron chi connectivity index (χ3n) is 3.10. The van der Waals surface area contributed by atoms with Gasteiger partial charge < -0.3 is 10.2 Å². The van der Waals surface area contributed by atoms with Crippen molar-refractivity contribution in [1.82, 2.24) is 0 Å². The van der Waals surface area contributed by atoms with Crippen LogP contribution in [0.4, 0.5) is 0 Å². The molecule has 92 valence electrons. The van der Waals surface area contributed by atoms with Crippen LogP contribution >= 0.6 is 0 Å². The predicted molar refractivity (Wildman–Crippen MR) is 72.0 cm³/mol. The molecule has 2 heteroatoms. The van der Waals surface area contributed by atoms with Gasteiger partial charge in [0.25, 0.3) is 0 Å². The molecule has 0 saturated carbocycles. The Morgan fingerprint density at radius 3 is 2.71 bits per heavy atom. The molecular formula is C15H21NO. The van der Waals surface area contributed by atoms with E-state index in [-0.39, 0.29) is 6.04 Å². The van der Waals surface area contributed by atoms with Gasteiger partial charge in [-0.1, -0.05) is 32.8 Å². The monoisotopic (exact) mass is 231 g/mol. The van der Waals surface area contributed by atoms with Gasteiger partial charge in [0, 0.05) is 5.39 Å². The standard InChI is InChI=1S/C15H21NO/c1-3-5-11-7-8-14-12(9-11)10-15(17-14)13(16)6-4-2/h7-10,13H,3-6,16H2,1-2H3. The highest BCUT2D eigenvalue weighted by molar-refractivity contribution is 5.78. The van der Waals surface area contributed by atoms with Crippen molar-refractivity contribution in [3.63, 3.8) is 0 Å². The van der Waals surface area contributed by atoms with E-state index in [9.17, 15) is 0 Å². The first-order valence-electron chi connectivity index (χ1n) is 6.52. The molecule has 1 aromatic heterocycles. The maximum absolute atomic E-state index is 6.07. The lowest BCUT2D eigenvalue weighted by atomic mass is 10.1. The Morgan fingerprint density at radius 1 is 1.18 bits per heavy atom. The highest BCUT2D eigenvalue weighted by Gasteiger charge is 2.11. The highest BCUT2D eigenvalue weighted by atomic mass is 16.3. The van der Waals surface area contributed by atoms with Gasteiger partial charge in [0.2, 0.25) is 0 Å². The zero-order valence-electron chi connectivity index (χ0n) is 10.7. The first-order chi connectivity index (χ1) is 8.24. The number of nitrogens with two attached hydrogens (primary N) is 1. The van der Waals surface area contributed by atoms with Crippen LogP contribution in [0.5, 0.6) is 0 Å². The number of hydrogen-bond donors (Lipinski definition) is 1. The Hall–Kier alpha value is -1.28. The molecule has 2 aromatic rings. The molecule has 0 aliphatic carbocycles. The number of hydrogen-bond acceptors (Lipinski definition) is 2. The fraction of sp³-hybridized carbons (Fsp3) is 0.467. The second-order valence-corrected chi connectivity index (χ2v) is 4.67. The molecule has 2 N–H and O–H groups in total. The topological polar surface area (TPSA) is 39.2 Å². The molecule has 0 bridgehead atoms. The lowest BCUT2D eigenvalue weighted by Crippen LogP contribution is -2.08. The molecule has 1 aromatic carbocycles. The SMILES string of the molecule is CCCc1ccc2oc(C(N)CCC)cc2c1. The molecule has 0 aliphatic rings. The second-order valence-electron chi connectivity index (χ2n) is 4.67. The Balaban J connectivity index is 2.30. The largest absolute Gasteiger partial charge is 0.459 e. The van der Waals surface area contributed by atoms with Crippen LogP contribution in [0, 0.1) is 0 Å². The lowest BCUT2D eigenvalue weighted by Gasteiger charge is -2.04. The molecular weight excluding hydrogens is 210 g/mol. The third-order valence-corrected chi connectivity index (χ3v) is 3.10. The van der Waals surface area contributed by atoms with Gasteiger partial charge in [-0.05, 0) is 36.6 Å². The Morgan fingerprint density at radius 2 is 2.00 bits per heavy atom. The van der Waals surface area contributed by atoms with Crippen LogP contribution in [0.2, 0.25) is 0 Å². The maximum atomic E-state index is 6.07. The average molecular weight is 231 g/mol. The molecule has 0 aliphatic heterocycles. The van der Waals surface area contributed by atoms with E-state index in [2.05, 4.69) is 38.1 Å². The number of furan rings is 1. The van der Waals surface area contributed by atoms with Crippen LogP contribution in [-0.2, 0) is 6.42 Å². The average Bonchev–Trinajstić information content (AvgIpc) is 2.73. The van der Waals surface area contributed by atoms with Gasteiger partial charge in [0.1, 0.15) is 11.3 Å². The molecule has 0 saturated heterocycles. The van der Waals surface area contributed by atoms with Crippen LogP contribution in [0.15, 0.2) is 28.7 Å². The second kappa shape index (κ2) is 5.37. The van der Waals surface area contributed by atoms with Gasteiger partial charge in [0.05, 0.1) is 6.04 Å². The van der Waals surface area contributed by atoms with Crippen molar-refractivity contribution in [3.8, 4) is 0 Å². The van der Waals surface area contributed by atoms with Gasteiger partial charge in [-0.3, -0.25) is 0 Å². The summed E-state index contributed by atoms with van der Waals surface area (Å²) in [7, 11) is 0. The fourth-order valence-electron chi connectivity index (χ4n) is 2.19. The molecule has 0 spiro atoms. The van der Waals surface area contributed by atoms with E-state index < -0.39 is 0 Å². The van der Waals surface area contributed by atoms with Crippen LogP contribution in [0.25, 0.3) is 11.0 Å². The molecule has 1 unspecified atom stereocenters. The van der Waals surface area contributed by atoms with Crippen LogP contribution in [0.1, 0.15) is 50.5 Å². The lowest BCUT2D eigenvalue weighted by molar-refractivity contribution is 0.475. The van der Waals surface area contributed by atoms with Crippen molar-refractivity contribution < 1.29 is 4.42 Å². The van der Waals surface area contributed by atoms with Crippen LogP contribution in [-0.4, -0.2) is 0 Å². The minimum Gasteiger partial charge on any atom is -0.459 e. The molecule has 1 heterocycles. The summed E-state index contributed by atoms with van der Waals surface area (Å²) in [6.07, 6.45) is 4.35. The summed E-state index contributed by atoms with van der Waals surface area (Å²) in [6.45, 7) is 4.34. The highest BCUT2D eigenvalue weighted by Crippen LogP contribution is 2.26. The summed E-state index contributed by atoms with van der Waals surface area (Å²) >= 11 is 0. The fourth-order valence-corrected chi connectivity index (χ4v) is 2.19. The zero-order valence-corrected chi connectivity index (χ0v) is 10.7. The van der Waals surface area contributed by atoms with Crippen molar-refractivity contribution in [2.45, 2.75) is 45.6 Å².